The van der Waals surface area contributed by atoms with Crippen LogP contribution in [-0.4, -0.2) is 24.7 Å². The average Bonchev–Trinajstić information content (AvgIpc) is 2.53. The van der Waals surface area contributed by atoms with E-state index in [1.54, 1.807) is 30.3 Å². The van der Waals surface area contributed by atoms with E-state index in [4.69, 9.17) is 14.2 Å². The van der Waals surface area contributed by atoms with Crippen LogP contribution in [0.3, 0.4) is 0 Å². The van der Waals surface area contributed by atoms with Crippen LogP contribution >= 0.6 is 0 Å². The lowest BCUT2D eigenvalue weighted by molar-refractivity contribution is -0.385. The maximum Gasteiger partial charge on any atom is 0.310 e. The van der Waals surface area contributed by atoms with Crippen molar-refractivity contribution in [2.45, 2.75) is 6.92 Å². The van der Waals surface area contributed by atoms with E-state index < -0.39 is 4.92 Å². The zero-order chi connectivity index (χ0) is 15.8. The molecule has 2 rings (SSSR count). The van der Waals surface area contributed by atoms with Gasteiger partial charge in [0.25, 0.3) is 0 Å². The minimum atomic E-state index is -0.470. The maximum atomic E-state index is 10.8. The lowest BCUT2D eigenvalue weighted by Crippen LogP contribution is -2.09. The molecule has 0 fully saturated rings. The van der Waals surface area contributed by atoms with Crippen molar-refractivity contribution in [3.8, 4) is 17.2 Å². The Bertz CT molecular complexity index is 612. The third-order valence-electron chi connectivity index (χ3n) is 2.81. The van der Waals surface area contributed by atoms with E-state index in [-0.39, 0.29) is 18.0 Å². The fourth-order valence-corrected chi connectivity index (χ4v) is 1.84. The van der Waals surface area contributed by atoms with Crippen molar-refractivity contribution in [3.63, 3.8) is 0 Å². The smallest absolute Gasteiger partial charge is 0.310 e. The Labute approximate surface area is 128 Å². The first-order chi connectivity index (χ1) is 10.7. The SMILES string of the molecule is CCOc1ccc(OCCOc2ccccc2[N+](=O)[O-])cc1. The fraction of sp³-hybridized carbons (Fsp3) is 0.250. The Hall–Kier alpha value is -2.76. The lowest BCUT2D eigenvalue weighted by atomic mass is 10.3. The molecule has 0 saturated heterocycles. The van der Waals surface area contributed by atoms with Crippen molar-refractivity contribution >= 4 is 5.69 Å². The van der Waals surface area contributed by atoms with E-state index in [9.17, 15) is 10.1 Å². The molecule has 0 unspecified atom stereocenters. The van der Waals surface area contributed by atoms with Crippen molar-refractivity contribution in [2.24, 2.45) is 0 Å². The first kappa shape index (κ1) is 15.6. The molecule has 0 aromatic heterocycles. The van der Waals surface area contributed by atoms with Crippen LogP contribution in [0.4, 0.5) is 5.69 Å². The maximum absolute atomic E-state index is 10.8. The van der Waals surface area contributed by atoms with Crippen molar-refractivity contribution in [1.82, 2.24) is 0 Å². The molecule has 0 atom stereocenters. The molecular weight excluding hydrogens is 286 g/mol. The van der Waals surface area contributed by atoms with E-state index >= 15 is 0 Å². The number of hydrogen-bond donors (Lipinski definition) is 0. The van der Waals surface area contributed by atoms with E-state index in [1.807, 2.05) is 19.1 Å². The van der Waals surface area contributed by atoms with E-state index in [0.29, 0.717) is 19.0 Å². The normalized spacial score (nSPS) is 10.0. The van der Waals surface area contributed by atoms with Crippen molar-refractivity contribution in [2.75, 3.05) is 19.8 Å². The molecule has 0 saturated carbocycles. The van der Waals surface area contributed by atoms with Crippen LogP contribution in [0.2, 0.25) is 0 Å². The van der Waals surface area contributed by atoms with Gasteiger partial charge in [0.05, 0.1) is 11.5 Å². The van der Waals surface area contributed by atoms with Gasteiger partial charge in [-0.05, 0) is 37.3 Å². The molecule has 0 amide bonds. The van der Waals surface area contributed by atoms with E-state index in [0.717, 1.165) is 5.75 Å². The Morgan fingerprint density at radius 2 is 1.50 bits per heavy atom. The first-order valence-corrected chi connectivity index (χ1v) is 6.92. The van der Waals surface area contributed by atoms with Gasteiger partial charge < -0.3 is 14.2 Å². The molecule has 0 radical (unpaired) electrons. The van der Waals surface area contributed by atoms with Gasteiger partial charge in [-0.2, -0.15) is 0 Å². The molecule has 0 bridgehead atoms. The summed E-state index contributed by atoms with van der Waals surface area (Å²) in [6, 6.07) is 13.5. The van der Waals surface area contributed by atoms with Crippen LogP contribution in [-0.2, 0) is 0 Å². The topological polar surface area (TPSA) is 70.8 Å². The molecule has 22 heavy (non-hydrogen) atoms. The van der Waals surface area contributed by atoms with Gasteiger partial charge in [-0.3, -0.25) is 10.1 Å². The van der Waals surface area contributed by atoms with Crippen LogP contribution < -0.4 is 14.2 Å². The number of para-hydroxylation sites is 2. The van der Waals surface area contributed by atoms with Crippen molar-refractivity contribution < 1.29 is 19.1 Å². The second kappa shape index (κ2) is 7.87. The number of hydrogen-bond acceptors (Lipinski definition) is 5. The zero-order valence-electron chi connectivity index (χ0n) is 12.2. The summed E-state index contributed by atoms with van der Waals surface area (Å²) in [6.45, 7) is 3.05. The van der Waals surface area contributed by atoms with Crippen molar-refractivity contribution in [1.29, 1.82) is 0 Å². The molecule has 0 spiro atoms. The second-order valence-corrected chi connectivity index (χ2v) is 4.33. The summed E-state index contributed by atoms with van der Waals surface area (Å²) in [7, 11) is 0. The van der Waals surface area contributed by atoms with Gasteiger partial charge in [-0.15, -0.1) is 0 Å². The summed E-state index contributed by atoms with van der Waals surface area (Å²) in [5.74, 6) is 1.71. The molecule has 0 N–H and O–H groups in total. The van der Waals surface area contributed by atoms with Crippen LogP contribution in [0.15, 0.2) is 48.5 Å². The van der Waals surface area contributed by atoms with Crippen LogP contribution in [0.1, 0.15) is 6.92 Å². The summed E-state index contributed by atoms with van der Waals surface area (Å²) in [4.78, 5) is 10.4. The molecule has 2 aromatic carbocycles. The van der Waals surface area contributed by atoms with Crippen molar-refractivity contribution in [3.05, 3.63) is 58.6 Å². The molecular formula is C16H17NO5. The zero-order valence-corrected chi connectivity index (χ0v) is 12.2. The second-order valence-electron chi connectivity index (χ2n) is 4.33. The molecule has 6 heteroatoms. The number of nitro benzene ring substituents is 1. The Kier molecular flexibility index (Phi) is 5.59. The predicted molar refractivity (Wildman–Crippen MR) is 81.7 cm³/mol. The lowest BCUT2D eigenvalue weighted by Gasteiger charge is -2.09. The van der Waals surface area contributed by atoms with Gasteiger partial charge in [0.2, 0.25) is 0 Å². The Balaban J connectivity index is 1.81. The quantitative estimate of drug-likeness (QED) is 0.424. The highest BCUT2D eigenvalue weighted by Crippen LogP contribution is 2.25. The molecule has 6 nitrogen and oxygen atoms in total. The van der Waals surface area contributed by atoms with Crippen LogP contribution in [0.5, 0.6) is 17.2 Å². The van der Waals surface area contributed by atoms with E-state index in [2.05, 4.69) is 0 Å². The standard InChI is InChI=1S/C16H17NO5/c1-2-20-13-7-9-14(10-8-13)21-11-12-22-16-6-4-3-5-15(16)17(18)19/h3-10H,2,11-12H2,1H3. The number of rotatable bonds is 8. The highest BCUT2D eigenvalue weighted by Gasteiger charge is 2.13. The molecule has 2 aromatic rings. The summed E-state index contributed by atoms with van der Waals surface area (Å²) < 4.78 is 16.2. The minimum Gasteiger partial charge on any atom is -0.494 e. The molecule has 0 aliphatic heterocycles. The average molecular weight is 303 g/mol. The van der Waals surface area contributed by atoms with Crippen LogP contribution in [0, 0.1) is 10.1 Å². The number of nitrogens with zero attached hydrogens (tertiary/aromatic N) is 1. The number of benzene rings is 2. The summed E-state index contributed by atoms with van der Waals surface area (Å²) >= 11 is 0. The highest BCUT2D eigenvalue weighted by atomic mass is 16.6. The van der Waals surface area contributed by atoms with E-state index in [1.165, 1.54) is 6.07 Å². The molecule has 116 valence electrons. The highest BCUT2D eigenvalue weighted by molar-refractivity contribution is 5.45. The third-order valence-corrected chi connectivity index (χ3v) is 2.81. The largest absolute Gasteiger partial charge is 0.494 e. The number of ether oxygens (including phenoxy) is 3. The van der Waals surface area contributed by atoms with Gasteiger partial charge in [0, 0.05) is 6.07 Å². The summed E-state index contributed by atoms with van der Waals surface area (Å²) in [6.07, 6.45) is 0. The van der Waals surface area contributed by atoms with Crippen LogP contribution in [0.25, 0.3) is 0 Å². The Morgan fingerprint density at radius 3 is 2.14 bits per heavy atom. The number of nitro groups is 1. The first-order valence-electron chi connectivity index (χ1n) is 6.92. The third kappa shape index (κ3) is 4.37. The molecule has 0 aliphatic carbocycles. The molecule has 0 heterocycles. The van der Waals surface area contributed by atoms with Gasteiger partial charge in [0.1, 0.15) is 24.7 Å². The predicted octanol–water partition coefficient (Wildman–Crippen LogP) is 3.45. The fourth-order valence-electron chi connectivity index (χ4n) is 1.84. The van der Waals surface area contributed by atoms with Gasteiger partial charge in [-0.1, -0.05) is 12.1 Å². The van der Waals surface area contributed by atoms with Gasteiger partial charge in [0.15, 0.2) is 5.75 Å². The minimum absolute atomic E-state index is 0.0523. The monoisotopic (exact) mass is 303 g/mol. The van der Waals surface area contributed by atoms with Gasteiger partial charge >= 0.3 is 5.69 Å². The summed E-state index contributed by atoms with van der Waals surface area (Å²) in [5, 5.41) is 10.8. The Morgan fingerprint density at radius 1 is 0.909 bits per heavy atom. The molecule has 0 aliphatic rings. The summed E-state index contributed by atoms with van der Waals surface area (Å²) in [5.41, 5.74) is -0.0523. The van der Waals surface area contributed by atoms with Gasteiger partial charge in [-0.25, -0.2) is 0 Å².